The van der Waals surface area contributed by atoms with Gasteiger partial charge in [-0.15, -0.1) is 0 Å². The van der Waals surface area contributed by atoms with Crippen LogP contribution in [0.2, 0.25) is 0 Å². The molecule has 0 aliphatic rings. The molecule has 0 unspecified atom stereocenters. The smallest absolute Gasteiger partial charge is 0.157 e. The van der Waals surface area contributed by atoms with Gasteiger partial charge in [-0.25, -0.2) is 0 Å². The van der Waals surface area contributed by atoms with Crippen molar-refractivity contribution in [2.45, 2.75) is 0 Å². The van der Waals surface area contributed by atoms with E-state index < -0.39 is 0 Å². The van der Waals surface area contributed by atoms with Crippen LogP contribution in [0.3, 0.4) is 0 Å². The summed E-state index contributed by atoms with van der Waals surface area (Å²) in [5.41, 5.74) is 5.06. The van der Waals surface area contributed by atoms with Gasteiger partial charge in [-0.2, -0.15) is 0 Å². The SMILES string of the molecule is C=C/C=C(O)\C(O)=C/CN. The molecule has 0 aromatic carbocycles. The Labute approximate surface area is 59.8 Å². The van der Waals surface area contributed by atoms with Gasteiger partial charge in [0.25, 0.3) is 0 Å². The molecular weight excluding hydrogens is 130 g/mol. The van der Waals surface area contributed by atoms with Gasteiger partial charge in [-0.3, -0.25) is 0 Å². The van der Waals surface area contributed by atoms with E-state index in [0.717, 1.165) is 0 Å². The van der Waals surface area contributed by atoms with Crippen LogP contribution in [0.5, 0.6) is 0 Å². The third kappa shape index (κ3) is 2.94. The van der Waals surface area contributed by atoms with E-state index in [-0.39, 0.29) is 18.1 Å². The highest BCUT2D eigenvalue weighted by Gasteiger charge is 1.94. The first-order valence-corrected chi connectivity index (χ1v) is 2.83. The molecule has 0 rings (SSSR count). The Kier molecular flexibility index (Phi) is 4.07. The van der Waals surface area contributed by atoms with Crippen molar-refractivity contribution in [2.75, 3.05) is 6.54 Å². The van der Waals surface area contributed by atoms with Crippen molar-refractivity contribution in [3.05, 3.63) is 36.3 Å². The van der Waals surface area contributed by atoms with Crippen LogP contribution in [0.4, 0.5) is 0 Å². The lowest BCUT2D eigenvalue weighted by Crippen LogP contribution is -1.97. The van der Waals surface area contributed by atoms with E-state index in [0.29, 0.717) is 0 Å². The van der Waals surface area contributed by atoms with Gasteiger partial charge in [-0.05, 0) is 12.2 Å². The molecule has 0 aliphatic heterocycles. The molecule has 0 saturated carbocycles. The monoisotopic (exact) mass is 141 g/mol. The van der Waals surface area contributed by atoms with E-state index in [2.05, 4.69) is 6.58 Å². The Bertz CT molecular complexity index is 170. The first kappa shape index (κ1) is 8.78. The molecule has 0 fully saturated rings. The van der Waals surface area contributed by atoms with Crippen LogP contribution in [0, 0.1) is 0 Å². The molecule has 0 radical (unpaired) electrons. The van der Waals surface area contributed by atoms with Crippen LogP contribution in [-0.4, -0.2) is 16.8 Å². The molecule has 0 saturated heterocycles. The lowest BCUT2D eigenvalue weighted by molar-refractivity contribution is 0.325. The molecule has 56 valence electrons. The fraction of sp³-hybridized carbons (Fsp3) is 0.143. The van der Waals surface area contributed by atoms with Gasteiger partial charge in [0, 0.05) is 6.54 Å². The van der Waals surface area contributed by atoms with Crippen LogP contribution in [0.25, 0.3) is 0 Å². The zero-order valence-corrected chi connectivity index (χ0v) is 5.62. The minimum absolute atomic E-state index is 0.195. The first-order valence-electron chi connectivity index (χ1n) is 2.83. The molecule has 3 nitrogen and oxygen atoms in total. The van der Waals surface area contributed by atoms with Gasteiger partial charge in [0.2, 0.25) is 0 Å². The van der Waals surface area contributed by atoms with E-state index in [1.807, 2.05) is 0 Å². The molecule has 0 bridgehead atoms. The third-order valence-corrected chi connectivity index (χ3v) is 0.849. The molecule has 10 heavy (non-hydrogen) atoms. The summed E-state index contributed by atoms with van der Waals surface area (Å²) in [6.45, 7) is 3.53. The highest BCUT2D eigenvalue weighted by Crippen LogP contribution is 2.00. The van der Waals surface area contributed by atoms with Crippen molar-refractivity contribution in [3.8, 4) is 0 Å². The van der Waals surface area contributed by atoms with Gasteiger partial charge in [0.05, 0.1) is 0 Å². The predicted molar refractivity (Wildman–Crippen MR) is 40.7 cm³/mol. The number of rotatable bonds is 3. The van der Waals surface area contributed by atoms with Gasteiger partial charge < -0.3 is 15.9 Å². The number of nitrogens with two attached hydrogens (primary N) is 1. The predicted octanol–water partition coefficient (Wildman–Crippen LogP) is 1.01. The minimum Gasteiger partial charge on any atom is -0.504 e. The highest BCUT2D eigenvalue weighted by atomic mass is 16.3. The lowest BCUT2D eigenvalue weighted by atomic mass is 10.3. The summed E-state index contributed by atoms with van der Waals surface area (Å²) in [6.07, 6.45) is 3.95. The Morgan fingerprint density at radius 1 is 1.40 bits per heavy atom. The topological polar surface area (TPSA) is 66.5 Å². The summed E-state index contributed by atoms with van der Waals surface area (Å²) in [5, 5.41) is 17.7. The Hall–Kier alpha value is -1.22. The zero-order valence-electron chi connectivity index (χ0n) is 5.62. The summed E-state index contributed by atoms with van der Waals surface area (Å²) in [5.74, 6) is -0.442. The maximum Gasteiger partial charge on any atom is 0.157 e. The first-order chi connectivity index (χ1) is 4.72. The second-order valence-corrected chi connectivity index (χ2v) is 1.61. The van der Waals surface area contributed by atoms with Crippen LogP contribution in [0.15, 0.2) is 36.3 Å². The maximum atomic E-state index is 8.86. The highest BCUT2D eigenvalue weighted by molar-refractivity contribution is 5.21. The fourth-order valence-electron chi connectivity index (χ4n) is 0.413. The van der Waals surface area contributed by atoms with E-state index >= 15 is 0 Å². The molecule has 3 heteroatoms. The molecule has 0 aromatic rings. The van der Waals surface area contributed by atoms with Gasteiger partial charge >= 0.3 is 0 Å². The van der Waals surface area contributed by atoms with Crippen LogP contribution < -0.4 is 5.73 Å². The van der Waals surface area contributed by atoms with Crippen molar-refractivity contribution in [3.63, 3.8) is 0 Å². The van der Waals surface area contributed by atoms with Crippen molar-refractivity contribution >= 4 is 0 Å². The summed E-state index contributed by atoms with van der Waals surface area (Å²) < 4.78 is 0. The van der Waals surface area contributed by atoms with Gasteiger partial charge in [0.1, 0.15) is 0 Å². The normalized spacial score (nSPS) is 13.3. The van der Waals surface area contributed by atoms with E-state index in [9.17, 15) is 0 Å². The Morgan fingerprint density at radius 2 is 2.00 bits per heavy atom. The van der Waals surface area contributed by atoms with Crippen molar-refractivity contribution in [1.82, 2.24) is 0 Å². The van der Waals surface area contributed by atoms with E-state index in [1.165, 1.54) is 18.2 Å². The number of aliphatic hydroxyl groups excluding tert-OH is 2. The van der Waals surface area contributed by atoms with Crippen LogP contribution >= 0.6 is 0 Å². The second-order valence-electron chi connectivity index (χ2n) is 1.61. The second kappa shape index (κ2) is 4.64. The summed E-state index contributed by atoms with van der Waals surface area (Å²) in [7, 11) is 0. The summed E-state index contributed by atoms with van der Waals surface area (Å²) in [4.78, 5) is 0. The van der Waals surface area contributed by atoms with Crippen LogP contribution in [-0.2, 0) is 0 Å². The minimum atomic E-state index is -0.222. The summed E-state index contributed by atoms with van der Waals surface area (Å²) >= 11 is 0. The number of aliphatic hydroxyl groups is 2. The van der Waals surface area contributed by atoms with Gasteiger partial charge in [0.15, 0.2) is 11.5 Å². The van der Waals surface area contributed by atoms with Crippen molar-refractivity contribution in [1.29, 1.82) is 0 Å². The van der Waals surface area contributed by atoms with E-state index in [1.54, 1.807) is 0 Å². The standard InChI is InChI=1S/C7H11NO2/c1-2-3-6(9)7(10)4-5-8/h2-4,9-10H,1,5,8H2/b6-3+,7-4+. The van der Waals surface area contributed by atoms with Crippen molar-refractivity contribution in [2.24, 2.45) is 5.73 Å². The maximum absolute atomic E-state index is 8.86. The average Bonchev–Trinajstić information content (AvgIpc) is 1.89. The fourth-order valence-corrected chi connectivity index (χ4v) is 0.413. The largest absolute Gasteiger partial charge is 0.504 e. The molecular formula is C7H11NO2. The Morgan fingerprint density at radius 3 is 2.40 bits per heavy atom. The number of hydrogen-bond acceptors (Lipinski definition) is 3. The number of allylic oxidation sites excluding steroid dienone is 2. The quantitative estimate of drug-likeness (QED) is 0.406. The average molecular weight is 141 g/mol. The molecule has 0 aliphatic carbocycles. The zero-order chi connectivity index (χ0) is 7.98. The molecule has 0 spiro atoms. The lowest BCUT2D eigenvalue weighted by Gasteiger charge is -1.94. The van der Waals surface area contributed by atoms with Crippen molar-refractivity contribution < 1.29 is 10.2 Å². The third-order valence-electron chi connectivity index (χ3n) is 0.849. The molecule has 0 heterocycles. The number of hydrogen-bond donors (Lipinski definition) is 3. The van der Waals surface area contributed by atoms with E-state index in [4.69, 9.17) is 15.9 Å². The van der Waals surface area contributed by atoms with Crippen LogP contribution in [0.1, 0.15) is 0 Å². The molecule has 0 amide bonds. The summed E-state index contributed by atoms with van der Waals surface area (Å²) in [6, 6.07) is 0. The Balaban J connectivity index is 4.19. The molecule has 0 aromatic heterocycles. The molecule has 4 N–H and O–H groups in total. The van der Waals surface area contributed by atoms with Gasteiger partial charge in [-0.1, -0.05) is 12.7 Å². The molecule has 0 atom stereocenters.